The van der Waals surface area contributed by atoms with Gasteiger partial charge in [-0.3, -0.25) is 9.79 Å². The molecule has 0 saturated heterocycles. The number of aryl methyl sites for hydroxylation is 1. The summed E-state index contributed by atoms with van der Waals surface area (Å²) in [5.41, 5.74) is 6.67. The number of nitrogens with zero attached hydrogens (tertiary/aromatic N) is 3. The molecule has 1 fully saturated rings. The number of halogens is 1. The van der Waals surface area contributed by atoms with Gasteiger partial charge >= 0.3 is 0 Å². The van der Waals surface area contributed by atoms with E-state index < -0.39 is 20.6 Å². The molecule has 2 aliphatic rings. The molecule has 1 atom stereocenters. The number of hydrogen-bond donors (Lipinski definition) is 2. The van der Waals surface area contributed by atoms with Crippen molar-refractivity contribution in [3.05, 3.63) is 39.1 Å². The number of hydrogen-bond acceptors (Lipinski definition) is 8. The molecule has 0 aromatic carbocycles. The van der Waals surface area contributed by atoms with Crippen LogP contribution in [0.3, 0.4) is 0 Å². The first kappa shape index (κ1) is 21.2. The van der Waals surface area contributed by atoms with Crippen LogP contribution in [0.4, 0.5) is 5.69 Å². The van der Waals surface area contributed by atoms with Crippen LogP contribution < -0.4 is 11.1 Å². The first-order valence-electron chi connectivity index (χ1n) is 9.67. The van der Waals surface area contributed by atoms with Crippen molar-refractivity contribution >= 4 is 50.2 Å². The average molecular weight is 468 g/mol. The maximum absolute atomic E-state index is 13.2. The molecule has 3 N–H and O–H groups in total. The van der Waals surface area contributed by atoms with Gasteiger partial charge in [0, 0.05) is 4.88 Å². The molecule has 160 valence electrons. The lowest BCUT2D eigenvalue weighted by atomic mass is 9.87. The molecular weight excluding hydrogens is 446 g/mol. The Bertz CT molecular complexity index is 1110. The van der Waals surface area contributed by atoms with Crippen molar-refractivity contribution in [3.63, 3.8) is 0 Å². The summed E-state index contributed by atoms with van der Waals surface area (Å²) >= 11 is 7.49. The highest BCUT2D eigenvalue weighted by molar-refractivity contribution is 7.93. The lowest BCUT2D eigenvalue weighted by Crippen LogP contribution is -2.55. The van der Waals surface area contributed by atoms with Gasteiger partial charge in [-0.1, -0.05) is 30.9 Å². The summed E-state index contributed by atoms with van der Waals surface area (Å²) < 4.78 is 25.3. The van der Waals surface area contributed by atoms with Crippen molar-refractivity contribution < 1.29 is 13.2 Å². The van der Waals surface area contributed by atoms with Gasteiger partial charge < -0.3 is 11.1 Å². The molecule has 30 heavy (non-hydrogen) atoms. The van der Waals surface area contributed by atoms with E-state index in [1.807, 2.05) is 0 Å². The zero-order chi connectivity index (χ0) is 21.5. The van der Waals surface area contributed by atoms with E-state index in [9.17, 15) is 13.2 Å². The van der Waals surface area contributed by atoms with Crippen molar-refractivity contribution in [3.8, 4) is 0 Å². The van der Waals surface area contributed by atoms with E-state index >= 15 is 0 Å². The summed E-state index contributed by atoms with van der Waals surface area (Å²) in [6, 6.07) is 0.819. The highest BCUT2D eigenvalue weighted by Gasteiger charge is 2.51. The molecule has 2 aromatic rings. The number of nitrogens with one attached hydrogen (secondary N) is 1. The molecular formula is C19H22ClN5O3S2. The molecule has 0 unspecified atom stereocenters. The van der Waals surface area contributed by atoms with E-state index in [2.05, 4.69) is 20.3 Å². The Morgan fingerprint density at radius 1 is 1.27 bits per heavy atom. The van der Waals surface area contributed by atoms with Crippen LogP contribution in [0.25, 0.3) is 0 Å². The number of thiophene rings is 1. The first-order chi connectivity index (χ1) is 14.2. The second-order valence-electron chi connectivity index (χ2n) is 7.66. The van der Waals surface area contributed by atoms with Crippen LogP contribution in [0.1, 0.15) is 58.5 Å². The summed E-state index contributed by atoms with van der Waals surface area (Å²) in [5.74, 6) is 0.241. The number of sulfone groups is 1. The molecule has 3 heterocycles. The lowest BCUT2D eigenvalue weighted by Gasteiger charge is -2.40. The van der Waals surface area contributed by atoms with Gasteiger partial charge in [0.05, 0.1) is 33.7 Å². The number of nitrogens with two attached hydrogens (primary N) is 1. The molecule has 1 saturated carbocycles. The molecule has 1 aliphatic heterocycles. The molecule has 1 spiro atoms. The number of carbonyl (C=O) groups is 1. The van der Waals surface area contributed by atoms with E-state index in [0.717, 1.165) is 30.6 Å². The fraction of sp³-hybridized carbons (Fsp3) is 0.474. The summed E-state index contributed by atoms with van der Waals surface area (Å²) in [4.78, 5) is 26.1. The molecule has 4 rings (SSSR count). The third-order valence-corrected chi connectivity index (χ3v) is 9.90. The maximum atomic E-state index is 13.2. The molecule has 0 radical (unpaired) electrons. The minimum Gasteiger partial charge on any atom is -0.386 e. The van der Waals surface area contributed by atoms with Crippen LogP contribution in [0.15, 0.2) is 23.5 Å². The Morgan fingerprint density at radius 3 is 2.57 bits per heavy atom. The van der Waals surface area contributed by atoms with Gasteiger partial charge in [-0.2, -0.15) is 0 Å². The number of rotatable bonds is 3. The van der Waals surface area contributed by atoms with Crippen molar-refractivity contribution in [1.29, 1.82) is 0 Å². The number of amides is 1. The van der Waals surface area contributed by atoms with Gasteiger partial charge in [0.15, 0.2) is 9.84 Å². The predicted molar refractivity (Wildman–Crippen MR) is 118 cm³/mol. The Balaban J connectivity index is 1.60. The minimum absolute atomic E-state index is 0.152. The van der Waals surface area contributed by atoms with E-state index in [1.54, 1.807) is 6.92 Å². The third-order valence-electron chi connectivity index (χ3n) is 5.67. The molecule has 1 aliphatic carbocycles. The molecule has 0 bridgehead atoms. The average Bonchev–Trinajstić information content (AvgIpc) is 3.10. The highest BCUT2D eigenvalue weighted by atomic mass is 35.5. The Morgan fingerprint density at radius 2 is 1.93 bits per heavy atom. The van der Waals surface area contributed by atoms with Crippen LogP contribution in [-0.2, 0) is 9.84 Å². The zero-order valence-corrected chi connectivity index (χ0v) is 18.8. The van der Waals surface area contributed by atoms with Gasteiger partial charge in [0.2, 0.25) is 0 Å². The Hall–Kier alpha value is -2.04. The lowest BCUT2D eigenvalue weighted by molar-refractivity contribution is 0.103. The monoisotopic (exact) mass is 467 g/mol. The molecule has 11 heteroatoms. The number of amidine groups is 1. The summed E-state index contributed by atoms with van der Waals surface area (Å²) in [7, 11) is -3.50. The molecule has 2 aromatic heterocycles. The number of aliphatic imine (C=N–C) groups is 1. The van der Waals surface area contributed by atoms with Gasteiger partial charge in [-0.25, -0.2) is 18.4 Å². The number of carbonyl (C=O) groups excluding carboxylic acids is 1. The third kappa shape index (κ3) is 3.72. The van der Waals surface area contributed by atoms with Gasteiger partial charge in [0.25, 0.3) is 5.91 Å². The Labute approximate surface area is 183 Å². The van der Waals surface area contributed by atoms with Gasteiger partial charge in [-0.05, 0) is 25.8 Å². The van der Waals surface area contributed by atoms with Crippen molar-refractivity contribution in [2.75, 3.05) is 11.1 Å². The topological polar surface area (TPSA) is 127 Å². The summed E-state index contributed by atoms with van der Waals surface area (Å²) in [6.07, 6.45) is 6.72. The smallest absolute Gasteiger partial charge is 0.265 e. The predicted octanol–water partition coefficient (Wildman–Crippen LogP) is 3.28. The van der Waals surface area contributed by atoms with Crippen LogP contribution in [0.5, 0.6) is 0 Å². The molecule has 8 nitrogen and oxygen atoms in total. The largest absolute Gasteiger partial charge is 0.386 e. The quantitative estimate of drug-likeness (QED) is 0.712. The fourth-order valence-corrected chi connectivity index (χ4v) is 7.81. The van der Waals surface area contributed by atoms with Crippen LogP contribution in [0, 0.1) is 6.92 Å². The highest BCUT2D eigenvalue weighted by Crippen LogP contribution is 2.44. The zero-order valence-electron chi connectivity index (χ0n) is 16.4. The van der Waals surface area contributed by atoms with E-state index in [0.29, 0.717) is 39.1 Å². The SMILES string of the molecule is Cc1ncc(NC(=O)c2cc(Cl)c([C@@H]3CS(=O)(=O)C4(CCCCC4)C(N)=N3)s2)cn1. The first-order valence-corrected chi connectivity index (χ1v) is 12.5. The number of aromatic nitrogens is 2. The van der Waals surface area contributed by atoms with Gasteiger partial charge in [-0.15, -0.1) is 11.3 Å². The Kier molecular flexibility index (Phi) is 5.58. The number of anilines is 1. The minimum atomic E-state index is -3.50. The van der Waals surface area contributed by atoms with E-state index in [-0.39, 0.29) is 17.5 Å². The fourth-order valence-electron chi connectivity index (χ4n) is 4.05. The maximum Gasteiger partial charge on any atom is 0.265 e. The standard InChI is InChI=1S/C19H22ClN5O3S2/c1-11-22-8-12(9-23-11)24-17(26)15-7-13(20)16(29-15)14-10-30(27,28)19(18(21)25-14)5-3-2-4-6-19/h7-9,14H,2-6,10H2,1H3,(H2,21,25)(H,24,26)/t14-/m0/s1. The summed E-state index contributed by atoms with van der Waals surface area (Å²) in [6.45, 7) is 1.75. The van der Waals surface area contributed by atoms with Gasteiger partial charge in [0.1, 0.15) is 22.4 Å². The van der Waals surface area contributed by atoms with Crippen molar-refractivity contribution in [1.82, 2.24) is 9.97 Å². The van der Waals surface area contributed by atoms with E-state index in [1.165, 1.54) is 18.5 Å². The van der Waals surface area contributed by atoms with Crippen LogP contribution in [0.2, 0.25) is 5.02 Å². The molecule has 1 amide bonds. The normalized spacial score (nSPS) is 22.5. The second-order valence-corrected chi connectivity index (χ2v) is 11.5. The van der Waals surface area contributed by atoms with Crippen LogP contribution >= 0.6 is 22.9 Å². The summed E-state index contributed by atoms with van der Waals surface area (Å²) in [5, 5.41) is 3.02. The second kappa shape index (κ2) is 7.90. The van der Waals surface area contributed by atoms with Crippen molar-refractivity contribution in [2.24, 2.45) is 10.7 Å². The van der Waals surface area contributed by atoms with E-state index in [4.69, 9.17) is 17.3 Å². The van der Waals surface area contributed by atoms with Crippen LogP contribution in [-0.4, -0.2) is 40.6 Å². The van der Waals surface area contributed by atoms with Crippen molar-refractivity contribution in [2.45, 2.75) is 49.8 Å².